The first-order valence-electron chi connectivity index (χ1n) is 9.82. The van der Waals surface area contributed by atoms with Crippen molar-refractivity contribution in [3.8, 4) is 0 Å². The first-order chi connectivity index (χ1) is 14.9. The first kappa shape index (κ1) is 24.7. The zero-order chi connectivity index (χ0) is 23.0. The van der Waals surface area contributed by atoms with Crippen LogP contribution < -0.4 is 5.32 Å². The van der Waals surface area contributed by atoms with Gasteiger partial charge in [-0.1, -0.05) is 32.6 Å². The highest BCUT2D eigenvalue weighted by atomic mass is 32.2. The average Bonchev–Trinajstić information content (AvgIpc) is 3.27. The Labute approximate surface area is 189 Å². The molecule has 2 aliphatic heterocycles. The number of esters is 2. The number of β-lactam (4-membered cyclic amide) rings is 1. The van der Waals surface area contributed by atoms with E-state index in [4.69, 9.17) is 9.47 Å². The molecule has 0 radical (unpaired) electrons. The Bertz CT molecular complexity index is 865. The van der Waals surface area contributed by atoms with E-state index in [9.17, 15) is 19.2 Å². The largest absolute Gasteiger partial charge is 0.461 e. The van der Waals surface area contributed by atoms with E-state index >= 15 is 0 Å². The van der Waals surface area contributed by atoms with Crippen molar-refractivity contribution < 1.29 is 28.7 Å². The van der Waals surface area contributed by atoms with Crippen molar-refractivity contribution in [3.05, 3.63) is 46.3 Å². The fourth-order valence-electron chi connectivity index (χ4n) is 2.97. The number of carbonyl (C=O) groups is 4. The third-order valence-corrected chi connectivity index (χ3v) is 6.47. The fraction of sp³-hybridized carbons (Fsp3) is 0.429. The lowest BCUT2D eigenvalue weighted by atomic mass is 10.0. The third-order valence-electron chi connectivity index (χ3n) is 4.25. The molecule has 0 saturated carbocycles. The van der Waals surface area contributed by atoms with E-state index in [1.165, 1.54) is 41.0 Å². The number of rotatable bonds is 8. The van der Waals surface area contributed by atoms with Crippen molar-refractivity contribution >= 4 is 46.9 Å². The Balaban J connectivity index is 0.00000166. The molecule has 3 rings (SSSR count). The van der Waals surface area contributed by atoms with E-state index in [-0.39, 0.29) is 31.2 Å². The van der Waals surface area contributed by atoms with Crippen molar-refractivity contribution in [2.45, 2.75) is 38.6 Å². The number of fused-ring (bicyclic) bond motifs is 1. The summed E-state index contributed by atoms with van der Waals surface area (Å²) in [5.41, 5.74) is 0.567. The van der Waals surface area contributed by atoms with Crippen molar-refractivity contribution in [2.75, 3.05) is 19.0 Å². The van der Waals surface area contributed by atoms with E-state index in [1.54, 1.807) is 0 Å². The van der Waals surface area contributed by atoms with Crippen molar-refractivity contribution in [3.63, 3.8) is 0 Å². The van der Waals surface area contributed by atoms with E-state index in [1.807, 2.05) is 31.4 Å². The van der Waals surface area contributed by atoms with Crippen molar-refractivity contribution in [1.82, 2.24) is 10.2 Å². The fourth-order valence-corrected chi connectivity index (χ4v) is 5.00. The van der Waals surface area contributed by atoms with Crippen molar-refractivity contribution in [1.29, 1.82) is 0 Å². The van der Waals surface area contributed by atoms with Crippen LogP contribution in [0.3, 0.4) is 0 Å². The molecule has 0 bridgehead atoms. The zero-order valence-electron chi connectivity index (χ0n) is 17.7. The minimum Gasteiger partial charge on any atom is -0.461 e. The molecule has 31 heavy (non-hydrogen) atoms. The molecule has 10 heteroatoms. The third kappa shape index (κ3) is 5.98. The van der Waals surface area contributed by atoms with Gasteiger partial charge in [0.2, 0.25) is 5.91 Å². The number of thioether (sulfide) groups is 1. The van der Waals surface area contributed by atoms with Gasteiger partial charge in [-0.2, -0.15) is 0 Å². The molecule has 2 unspecified atom stereocenters. The predicted octanol–water partition coefficient (Wildman–Crippen LogP) is 2.26. The van der Waals surface area contributed by atoms with Crippen LogP contribution >= 0.6 is 23.1 Å². The Morgan fingerprint density at radius 3 is 2.68 bits per heavy atom. The van der Waals surface area contributed by atoms with Gasteiger partial charge in [0.25, 0.3) is 5.91 Å². The van der Waals surface area contributed by atoms with Gasteiger partial charge in [-0.15, -0.1) is 23.1 Å². The summed E-state index contributed by atoms with van der Waals surface area (Å²) in [6.45, 7) is 8.65. The predicted molar refractivity (Wildman–Crippen MR) is 119 cm³/mol. The molecule has 0 spiro atoms. The molecule has 1 aromatic heterocycles. The van der Waals surface area contributed by atoms with Gasteiger partial charge in [-0.3, -0.25) is 19.3 Å². The normalized spacial score (nSPS) is 19.3. The lowest BCUT2D eigenvalue weighted by molar-refractivity contribution is -0.152. The van der Waals surface area contributed by atoms with Crippen LogP contribution in [-0.4, -0.2) is 59.0 Å². The highest BCUT2D eigenvalue weighted by molar-refractivity contribution is 8.00. The van der Waals surface area contributed by atoms with Crippen molar-refractivity contribution in [2.24, 2.45) is 0 Å². The highest BCUT2D eigenvalue weighted by Crippen LogP contribution is 2.40. The van der Waals surface area contributed by atoms with Crippen LogP contribution in [0.5, 0.6) is 0 Å². The van der Waals surface area contributed by atoms with Gasteiger partial charge in [0.05, 0.1) is 6.42 Å². The number of nitrogens with one attached hydrogen (secondary N) is 1. The quantitative estimate of drug-likeness (QED) is 0.356. The molecule has 3 heterocycles. The molecule has 2 amide bonds. The molecule has 1 fully saturated rings. The van der Waals surface area contributed by atoms with Gasteiger partial charge < -0.3 is 14.8 Å². The van der Waals surface area contributed by atoms with Gasteiger partial charge in [0, 0.05) is 23.1 Å². The monoisotopic (exact) mass is 466 g/mol. The number of ether oxygens (including phenoxy) is 2. The number of nitrogens with zero attached hydrogens (tertiary/aromatic N) is 1. The molecule has 0 aliphatic carbocycles. The molecular formula is C21H26N2O6S2. The zero-order valence-corrected chi connectivity index (χ0v) is 19.3. The molecule has 2 atom stereocenters. The highest BCUT2D eigenvalue weighted by Gasteiger charge is 2.54. The SMILES string of the molecule is C=CCOC(=O)C1=C(COC(C)=O)CSC2C(NC(=O)Cc3cccs3)C(=O)N12.CC. The summed E-state index contributed by atoms with van der Waals surface area (Å²) in [4.78, 5) is 50.9. The summed E-state index contributed by atoms with van der Waals surface area (Å²) in [5, 5.41) is 4.22. The number of hydrogen-bond donors (Lipinski definition) is 1. The molecule has 1 N–H and O–H groups in total. The summed E-state index contributed by atoms with van der Waals surface area (Å²) in [5.74, 6) is -1.45. The van der Waals surface area contributed by atoms with Gasteiger partial charge in [0.1, 0.15) is 30.3 Å². The second-order valence-electron chi connectivity index (χ2n) is 6.33. The Hall–Kier alpha value is -2.59. The van der Waals surface area contributed by atoms with Gasteiger partial charge in [-0.25, -0.2) is 4.79 Å². The summed E-state index contributed by atoms with van der Waals surface area (Å²) >= 11 is 2.86. The smallest absolute Gasteiger partial charge is 0.355 e. The van der Waals surface area contributed by atoms with Crippen LogP contribution in [0.15, 0.2) is 41.4 Å². The lowest BCUT2D eigenvalue weighted by Crippen LogP contribution is -2.70. The first-order valence-corrected chi connectivity index (χ1v) is 11.7. The van der Waals surface area contributed by atoms with Crippen LogP contribution in [0.4, 0.5) is 0 Å². The molecule has 2 aliphatic rings. The van der Waals surface area contributed by atoms with Crippen LogP contribution in [-0.2, 0) is 35.1 Å². The molecular weight excluding hydrogens is 440 g/mol. The van der Waals surface area contributed by atoms with E-state index in [0.29, 0.717) is 11.3 Å². The maximum Gasteiger partial charge on any atom is 0.355 e. The summed E-state index contributed by atoms with van der Waals surface area (Å²) in [6, 6.07) is 2.99. The number of hydrogen-bond acceptors (Lipinski definition) is 8. The minimum atomic E-state index is -0.718. The van der Waals surface area contributed by atoms with Gasteiger partial charge >= 0.3 is 11.9 Å². The topological polar surface area (TPSA) is 102 Å². The minimum absolute atomic E-state index is 0.00992. The molecule has 8 nitrogen and oxygen atoms in total. The van der Waals surface area contributed by atoms with Crippen LogP contribution in [0.25, 0.3) is 0 Å². The van der Waals surface area contributed by atoms with E-state index in [0.717, 1.165) is 4.88 Å². The van der Waals surface area contributed by atoms with E-state index < -0.39 is 29.3 Å². The van der Waals surface area contributed by atoms with Crippen LogP contribution in [0.2, 0.25) is 0 Å². The maximum atomic E-state index is 12.7. The summed E-state index contributed by atoms with van der Waals surface area (Å²) in [7, 11) is 0. The standard InChI is InChI=1S/C19H20N2O6S2.C2H6/c1-3-6-26-19(25)16-12(9-27-11(2)22)10-29-18-15(17(24)21(16)18)20-14(23)8-13-5-4-7-28-13;1-2/h3-5,7,15,18H,1,6,8-10H2,2H3,(H,20,23);1-2H3. The Kier molecular flexibility index (Phi) is 9.32. The summed E-state index contributed by atoms with van der Waals surface area (Å²) in [6.07, 6.45) is 1.62. The van der Waals surface area contributed by atoms with Gasteiger partial charge in [0.15, 0.2) is 0 Å². The molecule has 1 saturated heterocycles. The second kappa shape index (κ2) is 11.7. The molecule has 0 aromatic carbocycles. The van der Waals surface area contributed by atoms with E-state index in [2.05, 4.69) is 11.9 Å². The number of carbonyl (C=O) groups excluding carboxylic acids is 4. The number of thiophene rings is 1. The second-order valence-corrected chi connectivity index (χ2v) is 8.47. The lowest BCUT2D eigenvalue weighted by Gasteiger charge is -2.49. The molecule has 1 aromatic rings. The average molecular weight is 467 g/mol. The molecule has 168 valence electrons. The Morgan fingerprint density at radius 2 is 2.06 bits per heavy atom. The number of amides is 2. The van der Waals surface area contributed by atoms with Crippen LogP contribution in [0, 0.1) is 0 Å². The van der Waals surface area contributed by atoms with Crippen LogP contribution in [0.1, 0.15) is 25.6 Å². The summed E-state index contributed by atoms with van der Waals surface area (Å²) < 4.78 is 10.1. The maximum absolute atomic E-state index is 12.7. The van der Waals surface area contributed by atoms with Gasteiger partial charge in [-0.05, 0) is 11.4 Å². The Morgan fingerprint density at radius 1 is 1.32 bits per heavy atom.